The summed E-state index contributed by atoms with van der Waals surface area (Å²) in [6.07, 6.45) is 3.47. The van der Waals surface area contributed by atoms with Gasteiger partial charge in [0.15, 0.2) is 6.61 Å². The Kier molecular flexibility index (Phi) is 5.53. The van der Waals surface area contributed by atoms with E-state index in [9.17, 15) is 9.18 Å². The number of hydrogen-bond acceptors (Lipinski definition) is 3. The van der Waals surface area contributed by atoms with E-state index in [1.54, 1.807) is 24.5 Å². The van der Waals surface area contributed by atoms with E-state index in [4.69, 9.17) is 16.3 Å². The van der Waals surface area contributed by atoms with Crippen molar-refractivity contribution in [3.63, 3.8) is 0 Å². The van der Waals surface area contributed by atoms with Crippen molar-refractivity contribution in [3.05, 3.63) is 83.2 Å². The second kappa shape index (κ2) is 8.01. The zero-order chi connectivity index (χ0) is 18.5. The number of amides is 1. The van der Waals surface area contributed by atoms with Crippen LogP contribution >= 0.6 is 11.6 Å². The molecule has 1 heterocycles. The number of aromatic nitrogens is 2. The predicted octanol–water partition coefficient (Wildman–Crippen LogP) is 3.50. The molecule has 0 aliphatic heterocycles. The standard InChI is InChI=1S/C19H17ClFN3O2/c1-24-11-10-22-19(24)18(13-2-4-14(20)5-3-13)23-17(25)12-26-16-8-6-15(21)7-9-16/h2-11,18H,12H2,1H3,(H,23,25)/t18-/m0/s1. The highest BCUT2D eigenvalue weighted by atomic mass is 35.5. The van der Waals surface area contributed by atoms with Crippen molar-refractivity contribution in [2.24, 2.45) is 7.05 Å². The van der Waals surface area contributed by atoms with E-state index in [1.165, 1.54) is 24.3 Å². The first-order valence-corrected chi connectivity index (χ1v) is 8.31. The van der Waals surface area contributed by atoms with Crippen molar-refractivity contribution < 1.29 is 13.9 Å². The third-order valence-electron chi connectivity index (χ3n) is 3.81. The fraction of sp³-hybridized carbons (Fsp3) is 0.158. The van der Waals surface area contributed by atoms with Crippen molar-refractivity contribution in [2.45, 2.75) is 6.04 Å². The number of aryl methyl sites for hydroxylation is 1. The molecule has 3 rings (SSSR count). The van der Waals surface area contributed by atoms with Gasteiger partial charge in [0.2, 0.25) is 0 Å². The second-order valence-electron chi connectivity index (χ2n) is 5.69. The molecule has 1 N–H and O–H groups in total. The Labute approximate surface area is 155 Å². The molecule has 1 atom stereocenters. The van der Waals surface area contributed by atoms with Gasteiger partial charge in [0.25, 0.3) is 5.91 Å². The van der Waals surface area contributed by atoms with E-state index in [0.717, 1.165) is 5.56 Å². The number of ether oxygens (including phenoxy) is 1. The van der Waals surface area contributed by atoms with Crippen LogP contribution in [0.4, 0.5) is 4.39 Å². The number of rotatable bonds is 6. The number of benzene rings is 2. The summed E-state index contributed by atoms with van der Waals surface area (Å²) in [5, 5.41) is 3.52. The summed E-state index contributed by atoms with van der Waals surface area (Å²) in [5.41, 5.74) is 0.846. The summed E-state index contributed by atoms with van der Waals surface area (Å²) >= 11 is 5.95. The molecular formula is C19H17ClFN3O2. The molecular weight excluding hydrogens is 357 g/mol. The van der Waals surface area contributed by atoms with E-state index in [2.05, 4.69) is 10.3 Å². The Morgan fingerprint density at radius 1 is 1.23 bits per heavy atom. The van der Waals surface area contributed by atoms with E-state index < -0.39 is 6.04 Å². The lowest BCUT2D eigenvalue weighted by Crippen LogP contribution is -2.34. The first-order chi connectivity index (χ1) is 12.5. The van der Waals surface area contributed by atoms with Crippen molar-refractivity contribution in [3.8, 4) is 5.75 Å². The minimum atomic E-state index is -0.448. The minimum absolute atomic E-state index is 0.194. The molecule has 0 fully saturated rings. The first kappa shape index (κ1) is 17.9. The lowest BCUT2D eigenvalue weighted by molar-refractivity contribution is -0.123. The van der Waals surface area contributed by atoms with Gasteiger partial charge in [0.05, 0.1) is 0 Å². The maximum atomic E-state index is 12.9. The zero-order valence-corrected chi connectivity index (χ0v) is 14.8. The predicted molar refractivity (Wildman–Crippen MR) is 96.5 cm³/mol. The average Bonchev–Trinajstić information content (AvgIpc) is 3.06. The fourth-order valence-corrected chi connectivity index (χ4v) is 2.62. The molecule has 1 amide bonds. The van der Waals surface area contributed by atoms with Crippen molar-refractivity contribution in [1.82, 2.24) is 14.9 Å². The Bertz CT molecular complexity index is 879. The second-order valence-corrected chi connectivity index (χ2v) is 6.13. The summed E-state index contributed by atoms with van der Waals surface area (Å²) in [7, 11) is 1.85. The summed E-state index contributed by atoms with van der Waals surface area (Å²) in [6.45, 7) is -0.194. The quantitative estimate of drug-likeness (QED) is 0.719. The first-order valence-electron chi connectivity index (χ1n) is 7.93. The van der Waals surface area contributed by atoms with Crippen LogP contribution in [-0.4, -0.2) is 22.1 Å². The monoisotopic (exact) mass is 373 g/mol. The molecule has 2 aromatic carbocycles. The average molecular weight is 374 g/mol. The van der Waals surface area contributed by atoms with Gasteiger partial charge in [-0.1, -0.05) is 23.7 Å². The molecule has 0 aliphatic carbocycles. The highest BCUT2D eigenvalue weighted by Gasteiger charge is 2.21. The molecule has 3 aromatic rings. The van der Waals surface area contributed by atoms with Crippen molar-refractivity contribution >= 4 is 17.5 Å². The Hall–Kier alpha value is -2.86. The van der Waals surface area contributed by atoms with Crippen LogP contribution in [0.2, 0.25) is 5.02 Å². The van der Waals surface area contributed by atoms with Crippen LogP contribution in [0, 0.1) is 5.82 Å². The van der Waals surface area contributed by atoms with Crippen LogP contribution in [0.5, 0.6) is 5.75 Å². The molecule has 134 valence electrons. The van der Waals surface area contributed by atoms with E-state index in [-0.39, 0.29) is 18.3 Å². The van der Waals surface area contributed by atoms with Crippen LogP contribution < -0.4 is 10.1 Å². The maximum Gasteiger partial charge on any atom is 0.258 e. The van der Waals surface area contributed by atoms with Crippen LogP contribution in [0.25, 0.3) is 0 Å². The van der Waals surface area contributed by atoms with Crippen molar-refractivity contribution in [1.29, 1.82) is 0 Å². The number of halogens is 2. The highest BCUT2D eigenvalue weighted by Crippen LogP contribution is 2.22. The van der Waals surface area contributed by atoms with Gasteiger partial charge in [-0.15, -0.1) is 0 Å². The van der Waals surface area contributed by atoms with E-state index in [0.29, 0.717) is 16.6 Å². The SMILES string of the molecule is Cn1ccnc1[C@@H](NC(=O)COc1ccc(F)cc1)c1ccc(Cl)cc1. The largest absolute Gasteiger partial charge is 0.484 e. The number of carbonyl (C=O) groups excluding carboxylic acids is 1. The molecule has 0 saturated heterocycles. The third-order valence-corrected chi connectivity index (χ3v) is 4.06. The lowest BCUT2D eigenvalue weighted by Gasteiger charge is -2.19. The molecule has 0 spiro atoms. The highest BCUT2D eigenvalue weighted by molar-refractivity contribution is 6.30. The third kappa shape index (κ3) is 4.40. The summed E-state index contributed by atoms with van der Waals surface area (Å²) in [6, 6.07) is 12.2. The molecule has 0 saturated carbocycles. The van der Waals surface area contributed by atoms with Crippen LogP contribution in [0.3, 0.4) is 0 Å². The topological polar surface area (TPSA) is 56.2 Å². The van der Waals surface area contributed by atoms with Crippen LogP contribution in [-0.2, 0) is 11.8 Å². The molecule has 26 heavy (non-hydrogen) atoms. The van der Waals surface area contributed by atoms with Gasteiger partial charge in [-0.05, 0) is 42.0 Å². The van der Waals surface area contributed by atoms with Gasteiger partial charge in [-0.2, -0.15) is 0 Å². The molecule has 1 aromatic heterocycles. The zero-order valence-electron chi connectivity index (χ0n) is 14.0. The molecule has 5 nitrogen and oxygen atoms in total. The van der Waals surface area contributed by atoms with Gasteiger partial charge in [-0.3, -0.25) is 4.79 Å². The van der Waals surface area contributed by atoms with Crippen LogP contribution in [0.15, 0.2) is 60.9 Å². The number of nitrogens with one attached hydrogen (secondary N) is 1. The molecule has 0 bridgehead atoms. The van der Waals surface area contributed by atoms with Crippen LogP contribution in [0.1, 0.15) is 17.4 Å². The number of nitrogens with zero attached hydrogens (tertiary/aromatic N) is 2. The number of carbonyl (C=O) groups is 1. The maximum absolute atomic E-state index is 12.9. The van der Waals surface area contributed by atoms with Gasteiger partial charge >= 0.3 is 0 Å². The van der Waals surface area contributed by atoms with Gasteiger partial charge in [0.1, 0.15) is 23.4 Å². The summed E-state index contributed by atoms with van der Waals surface area (Å²) in [4.78, 5) is 16.7. The van der Waals surface area contributed by atoms with Gasteiger partial charge < -0.3 is 14.6 Å². The van der Waals surface area contributed by atoms with E-state index >= 15 is 0 Å². The fourth-order valence-electron chi connectivity index (χ4n) is 2.49. The van der Waals surface area contributed by atoms with Gasteiger partial charge in [-0.25, -0.2) is 9.37 Å². The number of hydrogen-bond donors (Lipinski definition) is 1. The van der Waals surface area contributed by atoms with Gasteiger partial charge in [0, 0.05) is 24.5 Å². The number of imidazole rings is 1. The normalized spacial score (nSPS) is 11.8. The molecule has 0 unspecified atom stereocenters. The van der Waals surface area contributed by atoms with E-state index in [1.807, 2.05) is 23.7 Å². The summed E-state index contributed by atoms with van der Waals surface area (Å²) < 4.78 is 20.1. The molecule has 0 radical (unpaired) electrons. The minimum Gasteiger partial charge on any atom is -0.484 e. The smallest absolute Gasteiger partial charge is 0.258 e. The Morgan fingerprint density at radius 2 is 1.92 bits per heavy atom. The Balaban J connectivity index is 1.73. The summed E-state index contributed by atoms with van der Waals surface area (Å²) in [5.74, 6) is 0.417. The van der Waals surface area contributed by atoms with Crippen molar-refractivity contribution in [2.75, 3.05) is 6.61 Å². The lowest BCUT2D eigenvalue weighted by atomic mass is 10.1. The molecule has 7 heteroatoms. The Morgan fingerprint density at radius 3 is 2.54 bits per heavy atom. The molecule has 0 aliphatic rings.